The van der Waals surface area contributed by atoms with Crippen molar-refractivity contribution in [3.63, 3.8) is 0 Å². The number of nitrogens with one attached hydrogen (secondary N) is 1. The number of guanidine groups is 1. The minimum absolute atomic E-state index is 0. The Morgan fingerprint density at radius 3 is 2.54 bits per heavy atom. The van der Waals surface area contributed by atoms with Gasteiger partial charge < -0.3 is 19.9 Å². The van der Waals surface area contributed by atoms with Gasteiger partial charge in [0.15, 0.2) is 5.96 Å². The lowest BCUT2D eigenvalue weighted by atomic mass is 10.1. The Morgan fingerprint density at radius 1 is 1.29 bits per heavy atom. The lowest BCUT2D eigenvalue weighted by molar-refractivity contribution is -0.0605. The highest BCUT2D eigenvalue weighted by molar-refractivity contribution is 14.0. The molecule has 0 spiro atoms. The molecule has 0 amide bonds. The summed E-state index contributed by atoms with van der Waals surface area (Å²) in [5, 5.41) is 3.45. The molecule has 2 fully saturated rings. The predicted octanol–water partition coefficient (Wildman–Crippen LogP) is 3.51. The first-order valence-corrected chi connectivity index (χ1v) is 10.1. The van der Waals surface area contributed by atoms with Gasteiger partial charge in [0.05, 0.1) is 19.2 Å². The van der Waals surface area contributed by atoms with E-state index in [1.807, 2.05) is 12.1 Å². The number of likely N-dealkylation sites (N-methyl/N-ethyl adjacent to an activating group) is 1. The molecule has 3 atom stereocenters. The van der Waals surface area contributed by atoms with E-state index in [-0.39, 0.29) is 42.0 Å². The molecule has 1 aromatic rings. The van der Waals surface area contributed by atoms with Gasteiger partial charge in [0.2, 0.25) is 0 Å². The second-order valence-corrected chi connectivity index (χ2v) is 7.95. The van der Waals surface area contributed by atoms with E-state index in [2.05, 4.69) is 43.1 Å². The van der Waals surface area contributed by atoms with Gasteiger partial charge in [0.25, 0.3) is 0 Å². The zero-order chi connectivity index (χ0) is 19.4. The number of benzene rings is 1. The molecule has 158 valence electrons. The van der Waals surface area contributed by atoms with Crippen LogP contribution in [0.3, 0.4) is 0 Å². The first kappa shape index (κ1) is 23.3. The molecule has 1 heterocycles. The van der Waals surface area contributed by atoms with Gasteiger partial charge in [-0.25, -0.2) is 4.39 Å². The number of aliphatic imine (C=N–C) groups is 1. The molecule has 1 saturated carbocycles. The van der Waals surface area contributed by atoms with Crippen molar-refractivity contribution in [3.8, 4) is 0 Å². The lowest BCUT2D eigenvalue weighted by Gasteiger charge is -2.39. The van der Waals surface area contributed by atoms with E-state index in [4.69, 9.17) is 9.73 Å². The first-order chi connectivity index (χ1) is 13.0. The fourth-order valence-electron chi connectivity index (χ4n) is 3.81. The number of hydrogen-bond donors (Lipinski definition) is 1. The van der Waals surface area contributed by atoms with Crippen molar-refractivity contribution in [2.24, 2.45) is 10.9 Å². The van der Waals surface area contributed by atoms with Crippen LogP contribution in [0.1, 0.15) is 38.4 Å². The van der Waals surface area contributed by atoms with Crippen LogP contribution in [0.15, 0.2) is 29.3 Å². The molecule has 1 aliphatic carbocycles. The van der Waals surface area contributed by atoms with Crippen molar-refractivity contribution in [3.05, 3.63) is 35.6 Å². The fourth-order valence-corrected chi connectivity index (χ4v) is 3.81. The summed E-state index contributed by atoms with van der Waals surface area (Å²) >= 11 is 0. The topological polar surface area (TPSA) is 40.1 Å². The van der Waals surface area contributed by atoms with Crippen LogP contribution in [0.4, 0.5) is 4.39 Å². The van der Waals surface area contributed by atoms with E-state index in [0.717, 1.165) is 43.6 Å². The number of morpholine rings is 1. The van der Waals surface area contributed by atoms with Gasteiger partial charge in [-0.15, -0.1) is 24.0 Å². The van der Waals surface area contributed by atoms with Crippen molar-refractivity contribution in [2.75, 3.05) is 40.3 Å². The summed E-state index contributed by atoms with van der Waals surface area (Å²) < 4.78 is 19.4. The van der Waals surface area contributed by atoms with Gasteiger partial charge in [-0.2, -0.15) is 0 Å². The maximum atomic E-state index is 13.3. The Labute approximate surface area is 185 Å². The number of halogens is 2. The molecular weight excluding hydrogens is 470 g/mol. The van der Waals surface area contributed by atoms with Gasteiger partial charge in [-0.05, 0) is 64.4 Å². The minimum atomic E-state index is -0.218. The van der Waals surface area contributed by atoms with E-state index < -0.39 is 0 Å². The normalized spacial score (nSPS) is 24.1. The van der Waals surface area contributed by atoms with E-state index >= 15 is 0 Å². The summed E-state index contributed by atoms with van der Waals surface area (Å²) in [4.78, 5) is 9.55. The number of hydrogen-bond acceptors (Lipinski definition) is 3. The summed E-state index contributed by atoms with van der Waals surface area (Å²) in [5.74, 6) is 1.51. The van der Waals surface area contributed by atoms with Crippen molar-refractivity contribution in [1.29, 1.82) is 0 Å². The van der Waals surface area contributed by atoms with Gasteiger partial charge in [-0.3, -0.25) is 4.99 Å². The molecule has 7 heteroatoms. The van der Waals surface area contributed by atoms with Gasteiger partial charge in [0.1, 0.15) is 11.9 Å². The molecule has 0 bridgehead atoms. The third-order valence-corrected chi connectivity index (χ3v) is 5.39. The molecule has 28 heavy (non-hydrogen) atoms. The van der Waals surface area contributed by atoms with Crippen LogP contribution in [-0.4, -0.2) is 68.2 Å². The standard InChI is InChI=1S/C21H33FN4O.HI/c1-5-23-21(24-12-19(25(3)4)16-6-7-16)26-13-15(2)27-20(14-26)17-8-10-18(22)11-9-17;/h8-11,15-16,19-20H,5-7,12-14H2,1-4H3,(H,23,24);1H. The number of ether oxygens (including phenoxy) is 1. The predicted molar refractivity (Wildman–Crippen MR) is 123 cm³/mol. The molecular formula is C21H34FIN4O. The molecule has 1 aromatic carbocycles. The van der Waals surface area contributed by atoms with Crippen molar-refractivity contribution in [2.45, 2.75) is 44.9 Å². The molecule has 1 aliphatic heterocycles. The Hall–Kier alpha value is -0.930. The van der Waals surface area contributed by atoms with Crippen molar-refractivity contribution >= 4 is 29.9 Å². The molecule has 1 saturated heterocycles. The molecule has 3 unspecified atom stereocenters. The Kier molecular flexibility index (Phi) is 8.95. The SMILES string of the molecule is CCNC(=NCC(C1CC1)N(C)C)N1CC(C)OC(c2ccc(F)cc2)C1.I. The second-order valence-electron chi connectivity index (χ2n) is 7.95. The zero-order valence-corrected chi connectivity index (χ0v) is 19.7. The van der Waals surface area contributed by atoms with Crippen LogP contribution in [-0.2, 0) is 4.74 Å². The van der Waals surface area contributed by atoms with Crippen LogP contribution >= 0.6 is 24.0 Å². The minimum Gasteiger partial charge on any atom is -0.367 e. The van der Waals surface area contributed by atoms with Gasteiger partial charge in [0, 0.05) is 19.1 Å². The summed E-state index contributed by atoms with van der Waals surface area (Å²) in [5.41, 5.74) is 1.01. The maximum Gasteiger partial charge on any atom is 0.194 e. The highest BCUT2D eigenvalue weighted by Gasteiger charge is 2.33. The average molecular weight is 504 g/mol. The summed E-state index contributed by atoms with van der Waals surface area (Å²) in [6, 6.07) is 7.13. The summed E-state index contributed by atoms with van der Waals surface area (Å²) in [6.07, 6.45) is 2.64. The third kappa shape index (κ3) is 6.29. The summed E-state index contributed by atoms with van der Waals surface area (Å²) in [7, 11) is 4.29. The largest absolute Gasteiger partial charge is 0.367 e. The van der Waals surface area contributed by atoms with Crippen molar-refractivity contribution in [1.82, 2.24) is 15.1 Å². The highest BCUT2D eigenvalue weighted by Crippen LogP contribution is 2.34. The molecule has 2 aliphatic rings. The van der Waals surface area contributed by atoms with Crippen LogP contribution < -0.4 is 5.32 Å². The Morgan fingerprint density at radius 2 is 1.96 bits per heavy atom. The quantitative estimate of drug-likeness (QED) is 0.366. The smallest absolute Gasteiger partial charge is 0.194 e. The van der Waals surface area contributed by atoms with Gasteiger partial charge in [-0.1, -0.05) is 12.1 Å². The molecule has 0 aromatic heterocycles. The van der Waals surface area contributed by atoms with Crippen LogP contribution in [0.25, 0.3) is 0 Å². The number of nitrogens with zero attached hydrogens (tertiary/aromatic N) is 3. The van der Waals surface area contributed by atoms with E-state index in [1.165, 1.54) is 25.0 Å². The average Bonchev–Trinajstić information content (AvgIpc) is 3.46. The number of rotatable bonds is 6. The Bertz CT molecular complexity index is 634. The van der Waals surface area contributed by atoms with E-state index in [1.54, 1.807) is 0 Å². The van der Waals surface area contributed by atoms with Crippen molar-refractivity contribution < 1.29 is 9.13 Å². The molecule has 5 nitrogen and oxygen atoms in total. The van der Waals surface area contributed by atoms with Crippen LogP contribution in [0.5, 0.6) is 0 Å². The maximum absolute atomic E-state index is 13.3. The summed E-state index contributed by atoms with van der Waals surface area (Å²) in [6.45, 7) is 7.35. The Balaban J connectivity index is 0.00000280. The van der Waals surface area contributed by atoms with Gasteiger partial charge >= 0.3 is 0 Å². The fraction of sp³-hybridized carbons (Fsp3) is 0.667. The van der Waals surface area contributed by atoms with E-state index in [9.17, 15) is 4.39 Å². The molecule has 3 rings (SSSR count). The van der Waals surface area contributed by atoms with E-state index in [0.29, 0.717) is 6.04 Å². The molecule has 1 N–H and O–H groups in total. The first-order valence-electron chi connectivity index (χ1n) is 10.1. The molecule has 0 radical (unpaired) electrons. The zero-order valence-electron chi connectivity index (χ0n) is 17.4. The van der Waals surface area contributed by atoms with Crippen LogP contribution in [0, 0.1) is 11.7 Å². The van der Waals surface area contributed by atoms with Crippen LogP contribution in [0.2, 0.25) is 0 Å². The third-order valence-electron chi connectivity index (χ3n) is 5.39. The monoisotopic (exact) mass is 504 g/mol. The second kappa shape index (κ2) is 10.7. The lowest BCUT2D eigenvalue weighted by Crippen LogP contribution is -2.51. The highest BCUT2D eigenvalue weighted by atomic mass is 127.